The molecule has 1 atom stereocenters. The lowest BCUT2D eigenvalue weighted by molar-refractivity contribution is -0.137. The summed E-state index contributed by atoms with van der Waals surface area (Å²) in [5.41, 5.74) is -1.06. The first-order valence-corrected chi connectivity index (χ1v) is 9.92. The Bertz CT molecular complexity index is 986. The minimum Gasteiger partial charge on any atom is -0.346 e. The Kier molecular flexibility index (Phi) is 5.27. The number of carbonyl (C=O) groups excluding carboxylic acids is 1. The van der Waals surface area contributed by atoms with Gasteiger partial charge in [0.2, 0.25) is 16.2 Å². The molecule has 1 amide bonds. The average Bonchev–Trinajstić information content (AvgIpc) is 3.39. The highest BCUT2D eigenvalue weighted by atomic mass is 32.1. The zero-order valence-electron chi connectivity index (χ0n) is 15.3. The van der Waals surface area contributed by atoms with Crippen LogP contribution in [0.3, 0.4) is 0 Å². The van der Waals surface area contributed by atoms with Crippen molar-refractivity contribution in [1.29, 1.82) is 0 Å². The summed E-state index contributed by atoms with van der Waals surface area (Å²) in [5.74, 6) is -0.842. The summed E-state index contributed by atoms with van der Waals surface area (Å²) in [6.45, 7) is 1.11. The van der Waals surface area contributed by atoms with Crippen LogP contribution in [-0.2, 0) is 11.0 Å². The molecule has 1 aromatic carbocycles. The number of nitrogens with one attached hydrogen (secondary N) is 1. The van der Waals surface area contributed by atoms with Crippen LogP contribution in [0.5, 0.6) is 0 Å². The van der Waals surface area contributed by atoms with E-state index in [1.165, 1.54) is 29.5 Å². The van der Waals surface area contributed by atoms with Gasteiger partial charge in [0, 0.05) is 25.5 Å². The van der Waals surface area contributed by atoms with Crippen molar-refractivity contribution in [2.24, 2.45) is 5.92 Å². The maximum absolute atomic E-state index is 13.2. The van der Waals surface area contributed by atoms with Crippen LogP contribution in [0.2, 0.25) is 0 Å². The van der Waals surface area contributed by atoms with Crippen LogP contribution in [0.4, 0.5) is 24.0 Å². The lowest BCUT2D eigenvalue weighted by Crippen LogP contribution is -2.41. The monoisotopic (exact) mass is 421 g/mol. The summed E-state index contributed by atoms with van der Waals surface area (Å²) in [4.78, 5) is 14.6. The first-order valence-electron chi connectivity index (χ1n) is 9.11. The van der Waals surface area contributed by atoms with E-state index >= 15 is 0 Å². The smallest absolute Gasteiger partial charge is 0.346 e. The summed E-state index contributed by atoms with van der Waals surface area (Å²) in [7, 11) is 0. The summed E-state index contributed by atoms with van der Waals surface area (Å²) in [6, 6.07) is 8.80. The van der Waals surface area contributed by atoms with E-state index in [4.69, 9.17) is 0 Å². The second kappa shape index (κ2) is 7.86. The number of carbonyl (C=O) groups is 1. The fourth-order valence-corrected chi connectivity index (χ4v) is 4.19. The number of anilines is 2. The number of nitrogens with zero attached hydrogens (tertiary/aromatic N) is 4. The summed E-state index contributed by atoms with van der Waals surface area (Å²) in [5, 5.41) is 12.3. The van der Waals surface area contributed by atoms with Gasteiger partial charge in [0.25, 0.3) is 0 Å². The quantitative estimate of drug-likeness (QED) is 0.686. The molecule has 0 radical (unpaired) electrons. The highest BCUT2D eigenvalue weighted by molar-refractivity contribution is 7.17. The number of rotatable bonds is 4. The molecule has 29 heavy (non-hydrogen) atoms. The molecule has 1 aliphatic heterocycles. The Morgan fingerprint density at radius 2 is 1.83 bits per heavy atom. The van der Waals surface area contributed by atoms with Gasteiger partial charge < -0.3 is 10.2 Å². The number of alkyl halides is 3. The van der Waals surface area contributed by atoms with E-state index in [0.717, 1.165) is 24.2 Å². The van der Waals surface area contributed by atoms with Crippen LogP contribution in [0, 0.1) is 5.92 Å². The van der Waals surface area contributed by atoms with E-state index in [1.54, 1.807) is 0 Å². The summed E-state index contributed by atoms with van der Waals surface area (Å²) < 4.78 is 41.4. The predicted molar refractivity (Wildman–Crippen MR) is 104 cm³/mol. The summed E-state index contributed by atoms with van der Waals surface area (Å²) in [6.07, 6.45) is 0.574. The third-order valence-corrected chi connectivity index (χ3v) is 5.78. The van der Waals surface area contributed by atoms with Gasteiger partial charge in [-0.25, -0.2) is 0 Å². The molecule has 0 bridgehead atoms. The number of benzene rings is 1. The van der Waals surface area contributed by atoms with Gasteiger partial charge in [-0.1, -0.05) is 23.5 Å². The van der Waals surface area contributed by atoms with Crippen molar-refractivity contribution >= 4 is 28.1 Å². The zero-order valence-corrected chi connectivity index (χ0v) is 16.1. The van der Waals surface area contributed by atoms with Crippen molar-refractivity contribution in [3.63, 3.8) is 0 Å². The Morgan fingerprint density at radius 1 is 1.10 bits per heavy atom. The van der Waals surface area contributed by atoms with Gasteiger partial charge in [0.1, 0.15) is 0 Å². The van der Waals surface area contributed by atoms with Crippen molar-refractivity contribution in [1.82, 2.24) is 14.8 Å². The summed E-state index contributed by atoms with van der Waals surface area (Å²) >= 11 is 1.41. The molecule has 1 fully saturated rings. The number of hydrogen-bond acceptors (Lipinski definition) is 5. The molecule has 0 aliphatic carbocycles. The number of hydrogen-bond donors (Lipinski definition) is 1. The maximum Gasteiger partial charge on any atom is 0.418 e. The van der Waals surface area contributed by atoms with Crippen molar-refractivity contribution in [2.45, 2.75) is 19.0 Å². The fraction of sp³-hybridized carbons (Fsp3) is 0.316. The lowest BCUT2D eigenvalue weighted by atomic mass is 9.97. The van der Waals surface area contributed by atoms with Crippen molar-refractivity contribution in [3.8, 4) is 5.13 Å². The standard InChI is InChI=1S/C19H18F3N5OS/c20-19(21,22)14-7-1-2-8-15(14)23-16(28)13-6-5-11-27(12-13)18-25-24-17(29-18)26-9-3-4-10-26/h1-4,7-10,13H,5-6,11-12H2,(H,23,28)/t13-/m1/s1. The van der Waals surface area contributed by atoms with E-state index in [-0.39, 0.29) is 5.69 Å². The van der Waals surface area contributed by atoms with Gasteiger partial charge >= 0.3 is 6.18 Å². The second-order valence-electron chi connectivity index (χ2n) is 6.78. The Labute approximate surface area is 169 Å². The predicted octanol–water partition coefficient (Wildman–Crippen LogP) is 4.20. The van der Waals surface area contributed by atoms with Gasteiger partial charge in [-0.05, 0) is 37.1 Å². The first-order chi connectivity index (χ1) is 13.9. The van der Waals surface area contributed by atoms with Crippen LogP contribution >= 0.6 is 11.3 Å². The Hall–Kier alpha value is -2.88. The van der Waals surface area contributed by atoms with E-state index in [9.17, 15) is 18.0 Å². The molecule has 3 aromatic rings. The highest BCUT2D eigenvalue weighted by Crippen LogP contribution is 2.35. The number of aromatic nitrogens is 3. The van der Waals surface area contributed by atoms with Crippen LogP contribution in [0.15, 0.2) is 48.8 Å². The van der Waals surface area contributed by atoms with Gasteiger partial charge in [0.15, 0.2) is 0 Å². The van der Waals surface area contributed by atoms with E-state index < -0.39 is 23.6 Å². The molecule has 152 valence electrons. The van der Waals surface area contributed by atoms with Gasteiger partial charge in [-0.3, -0.25) is 9.36 Å². The van der Waals surface area contributed by atoms with Crippen LogP contribution < -0.4 is 10.2 Å². The molecule has 0 saturated carbocycles. The Morgan fingerprint density at radius 3 is 2.59 bits per heavy atom. The topological polar surface area (TPSA) is 63.1 Å². The average molecular weight is 421 g/mol. The SMILES string of the molecule is O=C(Nc1ccccc1C(F)(F)F)[C@@H]1CCCN(c2nnc(-n3cccc3)s2)C1. The molecule has 1 aliphatic rings. The molecule has 1 saturated heterocycles. The Balaban J connectivity index is 1.46. The number of para-hydroxylation sites is 1. The van der Waals surface area contributed by atoms with Gasteiger partial charge in [-0.2, -0.15) is 13.2 Å². The van der Waals surface area contributed by atoms with Crippen molar-refractivity contribution in [2.75, 3.05) is 23.3 Å². The van der Waals surface area contributed by atoms with E-state index in [2.05, 4.69) is 15.5 Å². The first kappa shape index (κ1) is 19.4. The van der Waals surface area contributed by atoms with E-state index in [0.29, 0.717) is 18.1 Å². The molecule has 2 aromatic heterocycles. The van der Waals surface area contributed by atoms with Crippen LogP contribution in [0.1, 0.15) is 18.4 Å². The molecular formula is C19H18F3N5OS. The van der Waals surface area contributed by atoms with Crippen LogP contribution in [0.25, 0.3) is 5.13 Å². The minimum absolute atomic E-state index is 0.215. The highest BCUT2D eigenvalue weighted by Gasteiger charge is 2.35. The maximum atomic E-state index is 13.2. The van der Waals surface area contributed by atoms with Gasteiger partial charge in [-0.15, -0.1) is 10.2 Å². The molecule has 6 nitrogen and oxygen atoms in total. The lowest BCUT2D eigenvalue weighted by Gasteiger charge is -2.31. The number of amides is 1. The number of piperidine rings is 1. The zero-order chi connectivity index (χ0) is 20.4. The molecule has 1 N–H and O–H groups in total. The normalized spacial score (nSPS) is 17.3. The number of halogens is 3. The third kappa shape index (κ3) is 4.26. The van der Waals surface area contributed by atoms with E-state index in [1.807, 2.05) is 34.0 Å². The third-order valence-electron chi connectivity index (χ3n) is 4.78. The van der Waals surface area contributed by atoms with Gasteiger partial charge in [0.05, 0.1) is 17.2 Å². The van der Waals surface area contributed by atoms with Crippen LogP contribution in [-0.4, -0.2) is 33.8 Å². The fourth-order valence-electron chi connectivity index (χ4n) is 3.34. The van der Waals surface area contributed by atoms with Crippen molar-refractivity contribution < 1.29 is 18.0 Å². The molecule has 10 heteroatoms. The largest absolute Gasteiger partial charge is 0.418 e. The molecular weight excluding hydrogens is 403 g/mol. The molecule has 0 unspecified atom stereocenters. The molecule has 4 rings (SSSR count). The minimum atomic E-state index is -4.52. The second-order valence-corrected chi connectivity index (χ2v) is 7.71. The van der Waals surface area contributed by atoms with Crippen molar-refractivity contribution in [3.05, 3.63) is 54.4 Å². The molecule has 0 spiro atoms. The molecule has 3 heterocycles.